The van der Waals surface area contributed by atoms with Crippen molar-refractivity contribution < 1.29 is 19.1 Å². The van der Waals surface area contributed by atoms with Gasteiger partial charge in [0.05, 0.1) is 17.9 Å². The second-order valence-corrected chi connectivity index (χ2v) is 7.30. The lowest BCUT2D eigenvalue weighted by atomic mass is 10.0. The maximum atomic E-state index is 13.0. The Bertz CT molecular complexity index is 908. The summed E-state index contributed by atoms with van der Waals surface area (Å²) in [7, 11) is 0. The first-order valence-corrected chi connectivity index (χ1v) is 10.3. The van der Waals surface area contributed by atoms with Crippen LogP contribution in [0.15, 0.2) is 42.5 Å². The highest BCUT2D eigenvalue weighted by Crippen LogP contribution is 2.14. The number of esters is 1. The Morgan fingerprint density at radius 3 is 2.43 bits per heavy atom. The van der Waals surface area contributed by atoms with E-state index in [1.165, 1.54) is 12.1 Å². The van der Waals surface area contributed by atoms with Crippen LogP contribution in [0.4, 0.5) is 0 Å². The van der Waals surface area contributed by atoms with E-state index >= 15 is 0 Å². The standard InChI is InChI=1S/C23H27N3O4/c1-3-30-23(29)18-11-12-19(24-16(18)2)21(27)25-20(15-17-9-5-4-6-10-17)22(28)26-13-7-8-14-26/h4-6,9-12,20H,3,7-8,13-15H2,1-2H3,(H,25,27). The number of hydrogen-bond acceptors (Lipinski definition) is 5. The van der Waals surface area contributed by atoms with Gasteiger partial charge in [-0.15, -0.1) is 0 Å². The number of carbonyl (C=O) groups is 3. The number of ether oxygens (including phenoxy) is 1. The molecule has 1 aromatic heterocycles. The largest absolute Gasteiger partial charge is 0.462 e. The van der Waals surface area contributed by atoms with Crippen LogP contribution in [0.3, 0.4) is 0 Å². The summed E-state index contributed by atoms with van der Waals surface area (Å²) in [5.41, 5.74) is 1.86. The normalized spacial score (nSPS) is 14.3. The van der Waals surface area contributed by atoms with E-state index in [0.29, 0.717) is 30.8 Å². The van der Waals surface area contributed by atoms with Gasteiger partial charge >= 0.3 is 5.97 Å². The minimum atomic E-state index is -0.676. The summed E-state index contributed by atoms with van der Waals surface area (Å²) in [6, 6.07) is 11.9. The molecule has 1 unspecified atom stereocenters. The number of nitrogens with one attached hydrogen (secondary N) is 1. The third-order valence-electron chi connectivity index (χ3n) is 5.12. The molecule has 0 aliphatic carbocycles. The molecular formula is C23H27N3O4. The molecule has 1 aromatic carbocycles. The summed E-state index contributed by atoms with van der Waals surface area (Å²) in [5.74, 6) is -0.993. The van der Waals surface area contributed by atoms with Crippen molar-refractivity contribution in [3.63, 3.8) is 0 Å². The van der Waals surface area contributed by atoms with Crippen LogP contribution in [0.25, 0.3) is 0 Å². The first kappa shape index (κ1) is 21.5. The van der Waals surface area contributed by atoms with E-state index in [4.69, 9.17) is 4.74 Å². The molecule has 1 aliphatic rings. The number of aryl methyl sites for hydroxylation is 1. The van der Waals surface area contributed by atoms with Crippen LogP contribution in [0.5, 0.6) is 0 Å². The van der Waals surface area contributed by atoms with Gasteiger partial charge in [-0.2, -0.15) is 0 Å². The molecule has 7 heteroatoms. The maximum Gasteiger partial charge on any atom is 0.339 e. The molecule has 2 aromatic rings. The minimum Gasteiger partial charge on any atom is -0.462 e. The second-order valence-electron chi connectivity index (χ2n) is 7.30. The molecule has 7 nitrogen and oxygen atoms in total. The number of amides is 2. The van der Waals surface area contributed by atoms with Gasteiger partial charge in [0.1, 0.15) is 11.7 Å². The van der Waals surface area contributed by atoms with E-state index in [1.807, 2.05) is 30.3 Å². The Kier molecular flexibility index (Phi) is 7.17. The molecule has 1 fully saturated rings. The number of nitrogens with zero attached hydrogens (tertiary/aromatic N) is 2. The van der Waals surface area contributed by atoms with Crippen molar-refractivity contribution >= 4 is 17.8 Å². The fourth-order valence-electron chi connectivity index (χ4n) is 3.55. The monoisotopic (exact) mass is 409 g/mol. The molecule has 2 amide bonds. The number of hydrogen-bond donors (Lipinski definition) is 1. The number of carbonyl (C=O) groups excluding carboxylic acids is 3. The minimum absolute atomic E-state index is 0.0791. The molecule has 1 saturated heterocycles. The lowest BCUT2D eigenvalue weighted by molar-refractivity contribution is -0.132. The van der Waals surface area contributed by atoms with E-state index in [1.54, 1.807) is 18.7 Å². The number of benzene rings is 1. The maximum absolute atomic E-state index is 13.0. The molecule has 1 N–H and O–H groups in total. The van der Waals surface area contributed by atoms with Crippen molar-refractivity contribution in [3.8, 4) is 0 Å². The van der Waals surface area contributed by atoms with Crippen molar-refractivity contribution in [2.75, 3.05) is 19.7 Å². The molecule has 0 spiro atoms. The van der Waals surface area contributed by atoms with Crippen molar-refractivity contribution in [1.29, 1.82) is 0 Å². The molecule has 2 heterocycles. The van der Waals surface area contributed by atoms with E-state index in [9.17, 15) is 14.4 Å². The van der Waals surface area contributed by atoms with Crippen molar-refractivity contribution in [1.82, 2.24) is 15.2 Å². The predicted octanol–water partition coefficient (Wildman–Crippen LogP) is 2.53. The number of aromatic nitrogens is 1. The van der Waals surface area contributed by atoms with Crippen LogP contribution in [-0.2, 0) is 16.0 Å². The second kappa shape index (κ2) is 10.0. The van der Waals surface area contributed by atoms with Crippen molar-refractivity contribution in [3.05, 3.63) is 65.0 Å². The van der Waals surface area contributed by atoms with E-state index in [2.05, 4.69) is 10.3 Å². The van der Waals surface area contributed by atoms with Gasteiger partial charge < -0.3 is 15.0 Å². The zero-order valence-electron chi connectivity index (χ0n) is 17.4. The van der Waals surface area contributed by atoms with Gasteiger partial charge in [0, 0.05) is 19.5 Å². The summed E-state index contributed by atoms with van der Waals surface area (Å²) in [4.78, 5) is 43.9. The Balaban J connectivity index is 1.77. The molecule has 0 bridgehead atoms. The van der Waals surface area contributed by atoms with Crippen LogP contribution in [0, 0.1) is 6.92 Å². The molecule has 158 valence electrons. The number of likely N-dealkylation sites (tertiary alicyclic amines) is 1. The Hall–Kier alpha value is -3.22. The zero-order valence-corrected chi connectivity index (χ0v) is 17.4. The zero-order chi connectivity index (χ0) is 21.5. The lowest BCUT2D eigenvalue weighted by Crippen LogP contribution is -2.49. The molecule has 3 rings (SSSR count). The average Bonchev–Trinajstić information content (AvgIpc) is 3.28. The summed E-state index contributed by atoms with van der Waals surface area (Å²) in [5, 5.41) is 2.85. The Morgan fingerprint density at radius 2 is 1.80 bits per heavy atom. The Labute approximate surface area is 176 Å². The first-order valence-electron chi connectivity index (χ1n) is 10.3. The highest BCUT2D eigenvalue weighted by atomic mass is 16.5. The highest BCUT2D eigenvalue weighted by Gasteiger charge is 2.28. The lowest BCUT2D eigenvalue weighted by Gasteiger charge is -2.24. The van der Waals surface area contributed by atoms with Crippen LogP contribution in [0.1, 0.15) is 51.9 Å². The molecule has 1 aliphatic heterocycles. The van der Waals surface area contributed by atoms with Gasteiger partial charge in [0.15, 0.2) is 0 Å². The smallest absolute Gasteiger partial charge is 0.339 e. The number of pyridine rings is 1. The molecule has 1 atom stereocenters. The van der Waals surface area contributed by atoms with Gasteiger partial charge in [-0.25, -0.2) is 9.78 Å². The third kappa shape index (κ3) is 5.23. The average molecular weight is 409 g/mol. The van der Waals surface area contributed by atoms with Crippen molar-refractivity contribution in [2.24, 2.45) is 0 Å². The summed E-state index contributed by atoms with van der Waals surface area (Å²) in [6.07, 6.45) is 2.36. The van der Waals surface area contributed by atoms with Crippen LogP contribution < -0.4 is 5.32 Å². The summed E-state index contributed by atoms with van der Waals surface area (Å²) in [6.45, 7) is 5.07. The molecular weight excluding hydrogens is 382 g/mol. The van der Waals surface area contributed by atoms with Gasteiger partial charge in [0.25, 0.3) is 5.91 Å². The molecule has 30 heavy (non-hydrogen) atoms. The summed E-state index contributed by atoms with van der Waals surface area (Å²) < 4.78 is 5.00. The topological polar surface area (TPSA) is 88.6 Å². The highest BCUT2D eigenvalue weighted by molar-refractivity contribution is 5.97. The van der Waals surface area contributed by atoms with Gasteiger partial charge in [0.2, 0.25) is 5.91 Å². The summed E-state index contributed by atoms with van der Waals surface area (Å²) >= 11 is 0. The van der Waals surface area contributed by atoms with Crippen LogP contribution in [0.2, 0.25) is 0 Å². The SMILES string of the molecule is CCOC(=O)c1ccc(C(=O)NC(Cc2ccccc2)C(=O)N2CCCC2)nc1C. The Morgan fingerprint density at radius 1 is 1.10 bits per heavy atom. The van der Waals surface area contributed by atoms with Crippen LogP contribution >= 0.6 is 0 Å². The third-order valence-corrected chi connectivity index (χ3v) is 5.12. The van der Waals surface area contributed by atoms with E-state index in [-0.39, 0.29) is 18.2 Å². The predicted molar refractivity (Wildman–Crippen MR) is 112 cm³/mol. The fraction of sp³-hybridized carbons (Fsp3) is 0.391. The van der Waals surface area contributed by atoms with Gasteiger partial charge in [-0.3, -0.25) is 9.59 Å². The van der Waals surface area contributed by atoms with E-state index in [0.717, 1.165) is 18.4 Å². The first-order chi connectivity index (χ1) is 14.5. The number of rotatable bonds is 7. The molecule has 0 saturated carbocycles. The van der Waals surface area contributed by atoms with Gasteiger partial charge in [-0.1, -0.05) is 30.3 Å². The van der Waals surface area contributed by atoms with Crippen LogP contribution in [-0.4, -0.2) is 53.4 Å². The molecule has 0 radical (unpaired) electrons. The van der Waals surface area contributed by atoms with Crippen molar-refractivity contribution in [2.45, 2.75) is 39.2 Å². The van der Waals surface area contributed by atoms with E-state index < -0.39 is 17.9 Å². The quantitative estimate of drug-likeness (QED) is 0.710. The fourth-order valence-corrected chi connectivity index (χ4v) is 3.55. The van der Waals surface area contributed by atoms with Gasteiger partial charge in [-0.05, 0) is 44.4 Å².